The molecular formula is C17H15Cl2NO6S2. The minimum absolute atomic E-state index is 0.0385. The van der Waals surface area contributed by atoms with Gasteiger partial charge in [0.1, 0.15) is 6.04 Å². The molecule has 0 fully saturated rings. The number of carboxylic acids is 1. The van der Waals surface area contributed by atoms with Crippen LogP contribution in [0.4, 0.5) is 0 Å². The maximum absolute atomic E-state index is 13.0. The van der Waals surface area contributed by atoms with Crippen LogP contribution in [0, 0.1) is 0 Å². The van der Waals surface area contributed by atoms with E-state index in [0.717, 1.165) is 13.1 Å². The van der Waals surface area contributed by atoms with Crippen LogP contribution in [0.1, 0.15) is 17.2 Å². The van der Waals surface area contributed by atoms with Crippen LogP contribution in [0.5, 0.6) is 0 Å². The van der Waals surface area contributed by atoms with Gasteiger partial charge in [-0.15, -0.1) is 0 Å². The van der Waals surface area contributed by atoms with Gasteiger partial charge in [-0.1, -0.05) is 35.3 Å². The lowest BCUT2D eigenvalue weighted by atomic mass is 10.1. The fraction of sp³-hybridized carbons (Fsp3) is 0.235. The first kappa shape index (κ1) is 21.1. The molecule has 0 aliphatic carbocycles. The van der Waals surface area contributed by atoms with Crippen molar-refractivity contribution in [3.63, 3.8) is 0 Å². The Morgan fingerprint density at radius 1 is 1.14 bits per heavy atom. The zero-order chi connectivity index (χ0) is 20.9. The molecule has 0 aromatic heterocycles. The van der Waals surface area contributed by atoms with E-state index in [4.69, 9.17) is 23.2 Å². The molecule has 2 aromatic carbocycles. The average molecular weight is 464 g/mol. The maximum Gasteiger partial charge on any atom is 0.326 e. The Kier molecular flexibility index (Phi) is 5.50. The number of carboxylic acid groups (broad SMARTS) is 1. The normalized spacial score (nSPS) is 16.7. The van der Waals surface area contributed by atoms with Gasteiger partial charge in [-0.25, -0.2) is 16.8 Å². The number of rotatable bonds is 5. The molecule has 1 N–H and O–H groups in total. The van der Waals surface area contributed by atoms with Crippen molar-refractivity contribution in [2.45, 2.75) is 22.3 Å². The molecule has 1 heterocycles. The highest BCUT2D eigenvalue weighted by Crippen LogP contribution is 2.33. The fourth-order valence-electron chi connectivity index (χ4n) is 3.04. The number of sulfone groups is 1. The molecule has 3 rings (SSSR count). The lowest BCUT2D eigenvalue weighted by Crippen LogP contribution is -2.36. The number of sulfonamides is 1. The van der Waals surface area contributed by atoms with Gasteiger partial charge in [0.25, 0.3) is 0 Å². The van der Waals surface area contributed by atoms with Gasteiger partial charge in [-0.2, -0.15) is 4.31 Å². The Morgan fingerprint density at radius 3 is 2.43 bits per heavy atom. The molecule has 0 amide bonds. The van der Waals surface area contributed by atoms with Crippen molar-refractivity contribution in [1.82, 2.24) is 4.31 Å². The molecule has 1 atom stereocenters. The molecule has 0 saturated heterocycles. The van der Waals surface area contributed by atoms with Gasteiger partial charge in [0.05, 0.1) is 25.6 Å². The van der Waals surface area contributed by atoms with Gasteiger partial charge >= 0.3 is 5.97 Å². The predicted octanol–water partition coefficient (Wildman–Crippen LogP) is 2.77. The van der Waals surface area contributed by atoms with Crippen LogP contribution in [-0.2, 0) is 31.1 Å². The molecule has 0 radical (unpaired) electrons. The first-order valence-corrected chi connectivity index (χ1v) is 11.8. The zero-order valence-electron chi connectivity index (χ0n) is 14.5. The Bertz CT molecular complexity index is 1180. The summed E-state index contributed by atoms with van der Waals surface area (Å²) in [7, 11) is -6.75. The lowest BCUT2D eigenvalue weighted by Gasteiger charge is -2.25. The summed E-state index contributed by atoms with van der Waals surface area (Å²) in [5, 5.41) is 9.91. The van der Waals surface area contributed by atoms with Crippen LogP contribution in [0.25, 0.3) is 0 Å². The van der Waals surface area contributed by atoms with Crippen molar-refractivity contribution in [1.29, 1.82) is 0 Å². The third-order valence-corrected chi connectivity index (χ3v) is 8.90. The zero-order valence-corrected chi connectivity index (χ0v) is 17.6. The number of nitrogens with zero attached hydrogens (tertiary/aromatic N) is 1. The van der Waals surface area contributed by atoms with Gasteiger partial charge in [0, 0.05) is 7.05 Å². The average Bonchev–Trinajstić information content (AvgIpc) is 2.92. The Hall–Kier alpha value is -1.65. The second kappa shape index (κ2) is 7.31. The SMILES string of the molecule is CN(C(C(=O)O)c1ccc(Cl)c(Cl)c1)S(=O)(=O)c1ccc2c(c1)S(=O)(=O)CC2. The van der Waals surface area contributed by atoms with E-state index in [1.165, 1.54) is 30.3 Å². The molecule has 1 unspecified atom stereocenters. The Balaban J connectivity index is 2.07. The van der Waals surface area contributed by atoms with Crippen molar-refractivity contribution in [2.24, 2.45) is 0 Å². The van der Waals surface area contributed by atoms with Crippen molar-refractivity contribution < 1.29 is 26.7 Å². The van der Waals surface area contributed by atoms with Crippen LogP contribution in [0.2, 0.25) is 10.0 Å². The molecule has 11 heteroatoms. The van der Waals surface area contributed by atoms with Crippen LogP contribution in [0.3, 0.4) is 0 Å². The van der Waals surface area contributed by atoms with Gasteiger partial charge in [-0.05, 0) is 41.8 Å². The number of aliphatic carboxylic acids is 1. The number of halogens is 2. The van der Waals surface area contributed by atoms with E-state index >= 15 is 0 Å². The van der Waals surface area contributed by atoms with Gasteiger partial charge < -0.3 is 5.11 Å². The number of benzene rings is 2. The molecule has 0 saturated carbocycles. The van der Waals surface area contributed by atoms with Gasteiger partial charge in [-0.3, -0.25) is 4.79 Å². The Labute approximate surface area is 172 Å². The summed E-state index contributed by atoms with van der Waals surface area (Å²) in [6.45, 7) is 0. The number of hydrogen-bond acceptors (Lipinski definition) is 5. The summed E-state index contributed by atoms with van der Waals surface area (Å²) in [5.74, 6) is -1.50. The highest BCUT2D eigenvalue weighted by Gasteiger charge is 2.36. The first-order chi connectivity index (χ1) is 12.9. The van der Waals surface area contributed by atoms with Crippen LogP contribution in [-0.4, -0.2) is 45.0 Å². The summed E-state index contributed by atoms with van der Waals surface area (Å²) in [6, 6.07) is 6.24. The number of carbonyl (C=O) groups is 1. The number of aryl methyl sites for hydroxylation is 1. The largest absolute Gasteiger partial charge is 0.480 e. The van der Waals surface area contributed by atoms with Gasteiger partial charge in [0.2, 0.25) is 10.0 Å². The standard InChI is InChI=1S/C17H15Cl2NO6S2/c1-20(16(17(21)22)11-3-5-13(18)14(19)8-11)28(25,26)12-4-2-10-6-7-27(23,24)15(10)9-12/h2-5,8-9,16H,6-7H2,1H3,(H,21,22). The lowest BCUT2D eigenvalue weighted by molar-refractivity contribution is -0.141. The van der Waals surface area contributed by atoms with E-state index in [-0.39, 0.29) is 31.2 Å². The Morgan fingerprint density at radius 2 is 1.82 bits per heavy atom. The van der Waals surface area contributed by atoms with Crippen molar-refractivity contribution >= 4 is 49.0 Å². The monoisotopic (exact) mass is 463 g/mol. The molecule has 0 spiro atoms. The van der Waals surface area contributed by atoms with Crippen molar-refractivity contribution in [3.8, 4) is 0 Å². The molecule has 0 bridgehead atoms. The second-order valence-electron chi connectivity index (χ2n) is 6.27. The number of likely N-dealkylation sites (N-methyl/N-ethyl adjacent to an activating group) is 1. The van der Waals surface area contributed by atoms with Crippen LogP contribution in [0.15, 0.2) is 46.2 Å². The first-order valence-electron chi connectivity index (χ1n) is 7.96. The minimum atomic E-state index is -4.31. The summed E-state index contributed by atoms with van der Waals surface area (Å²) in [6.07, 6.45) is 0.314. The van der Waals surface area contributed by atoms with E-state index in [1.807, 2.05) is 0 Å². The summed E-state index contributed by atoms with van der Waals surface area (Å²) in [4.78, 5) is 11.5. The molecule has 7 nitrogen and oxygen atoms in total. The molecule has 1 aliphatic rings. The number of fused-ring (bicyclic) bond motifs is 1. The highest BCUT2D eigenvalue weighted by molar-refractivity contribution is 7.92. The third-order valence-electron chi connectivity index (χ3n) is 4.55. The van der Waals surface area contributed by atoms with E-state index in [0.29, 0.717) is 16.3 Å². The summed E-state index contributed by atoms with van der Waals surface area (Å²) >= 11 is 11.8. The highest BCUT2D eigenvalue weighted by atomic mass is 35.5. The molecular weight excluding hydrogens is 449 g/mol. The smallest absolute Gasteiger partial charge is 0.326 e. The molecule has 2 aromatic rings. The van der Waals surface area contributed by atoms with Crippen molar-refractivity contribution in [3.05, 3.63) is 57.6 Å². The molecule has 28 heavy (non-hydrogen) atoms. The van der Waals surface area contributed by atoms with E-state index in [1.54, 1.807) is 0 Å². The van der Waals surface area contributed by atoms with E-state index in [9.17, 15) is 26.7 Å². The summed E-state index contributed by atoms with van der Waals surface area (Å²) < 4.78 is 50.9. The summed E-state index contributed by atoms with van der Waals surface area (Å²) in [5.41, 5.74) is 0.655. The predicted molar refractivity (Wildman–Crippen MR) is 104 cm³/mol. The second-order valence-corrected chi connectivity index (χ2v) is 11.2. The molecule has 1 aliphatic heterocycles. The third kappa shape index (κ3) is 3.65. The van der Waals surface area contributed by atoms with Crippen molar-refractivity contribution in [2.75, 3.05) is 12.8 Å². The molecule has 150 valence electrons. The minimum Gasteiger partial charge on any atom is -0.480 e. The number of hydrogen-bond donors (Lipinski definition) is 1. The fourth-order valence-corrected chi connectivity index (χ4v) is 6.34. The van der Waals surface area contributed by atoms with Crippen LogP contribution < -0.4 is 0 Å². The maximum atomic E-state index is 13.0. The van der Waals surface area contributed by atoms with E-state index < -0.39 is 31.9 Å². The van der Waals surface area contributed by atoms with E-state index in [2.05, 4.69) is 0 Å². The van der Waals surface area contributed by atoms with Gasteiger partial charge in [0.15, 0.2) is 9.84 Å². The van der Waals surface area contributed by atoms with Crippen LogP contribution >= 0.6 is 23.2 Å². The topological polar surface area (TPSA) is 109 Å². The quantitative estimate of drug-likeness (QED) is 0.729.